The number of amides is 2. The van der Waals surface area contributed by atoms with E-state index in [2.05, 4.69) is 0 Å². The van der Waals surface area contributed by atoms with Crippen molar-refractivity contribution in [2.75, 3.05) is 24.6 Å². The molecule has 1 N–H and O–H groups in total. The van der Waals surface area contributed by atoms with Gasteiger partial charge in [0.1, 0.15) is 6.54 Å². The SMILES string of the molecule is O=C1CN(C(=O)CCO)[C@@H](Cc2ccccc2)CN1c1cccc(Cl)c1. The Morgan fingerprint density at radius 1 is 1.15 bits per heavy atom. The molecule has 1 atom stereocenters. The molecule has 1 aliphatic heterocycles. The summed E-state index contributed by atoms with van der Waals surface area (Å²) in [5.74, 6) is -0.351. The number of rotatable bonds is 5. The second-order valence-electron chi connectivity index (χ2n) is 6.32. The summed E-state index contributed by atoms with van der Waals surface area (Å²) in [7, 11) is 0. The van der Waals surface area contributed by atoms with Crippen LogP contribution in [0.4, 0.5) is 5.69 Å². The fourth-order valence-corrected chi connectivity index (χ4v) is 3.44. The van der Waals surface area contributed by atoms with Gasteiger partial charge in [0.15, 0.2) is 0 Å². The van der Waals surface area contributed by atoms with E-state index in [-0.39, 0.29) is 37.4 Å². The van der Waals surface area contributed by atoms with Crippen LogP contribution in [0.3, 0.4) is 0 Å². The zero-order valence-corrected chi connectivity index (χ0v) is 15.1. The fourth-order valence-electron chi connectivity index (χ4n) is 3.26. The lowest BCUT2D eigenvalue weighted by molar-refractivity contribution is -0.140. The second-order valence-corrected chi connectivity index (χ2v) is 6.76. The molecule has 1 saturated heterocycles. The number of hydrogen-bond donors (Lipinski definition) is 1. The summed E-state index contributed by atoms with van der Waals surface area (Å²) in [5.41, 5.74) is 1.83. The number of benzene rings is 2. The lowest BCUT2D eigenvalue weighted by atomic mass is 10.0. The lowest BCUT2D eigenvalue weighted by Crippen LogP contribution is -2.59. The first kappa shape index (κ1) is 18.4. The minimum Gasteiger partial charge on any atom is -0.396 e. The van der Waals surface area contributed by atoms with Crippen LogP contribution in [0.1, 0.15) is 12.0 Å². The number of carbonyl (C=O) groups excluding carboxylic acids is 2. The molecule has 6 heteroatoms. The summed E-state index contributed by atoms with van der Waals surface area (Å²) in [6.07, 6.45) is 0.665. The third-order valence-electron chi connectivity index (χ3n) is 4.52. The highest BCUT2D eigenvalue weighted by Gasteiger charge is 2.35. The van der Waals surface area contributed by atoms with Crippen LogP contribution >= 0.6 is 11.6 Å². The number of aliphatic hydroxyl groups is 1. The van der Waals surface area contributed by atoms with Gasteiger partial charge in [-0.25, -0.2) is 0 Å². The number of piperazine rings is 1. The molecule has 1 fully saturated rings. The Kier molecular flexibility index (Phi) is 5.91. The van der Waals surface area contributed by atoms with Gasteiger partial charge in [-0.05, 0) is 30.2 Å². The van der Waals surface area contributed by atoms with E-state index in [1.165, 1.54) is 0 Å². The van der Waals surface area contributed by atoms with Gasteiger partial charge >= 0.3 is 0 Å². The fraction of sp³-hybridized carbons (Fsp3) is 0.300. The maximum atomic E-state index is 12.6. The molecule has 0 aromatic heterocycles. The highest BCUT2D eigenvalue weighted by atomic mass is 35.5. The van der Waals surface area contributed by atoms with Gasteiger partial charge in [0, 0.05) is 23.7 Å². The van der Waals surface area contributed by atoms with E-state index < -0.39 is 0 Å². The molecule has 0 saturated carbocycles. The predicted molar refractivity (Wildman–Crippen MR) is 101 cm³/mol. The van der Waals surface area contributed by atoms with Crippen molar-refractivity contribution in [2.24, 2.45) is 0 Å². The van der Waals surface area contributed by atoms with Gasteiger partial charge < -0.3 is 14.9 Å². The van der Waals surface area contributed by atoms with Crippen molar-refractivity contribution in [2.45, 2.75) is 18.9 Å². The van der Waals surface area contributed by atoms with Crippen molar-refractivity contribution in [1.29, 1.82) is 0 Å². The summed E-state index contributed by atoms with van der Waals surface area (Å²) in [6.45, 7) is 0.174. The van der Waals surface area contributed by atoms with Crippen LogP contribution in [0.25, 0.3) is 0 Å². The number of hydrogen-bond acceptors (Lipinski definition) is 3. The molecule has 2 aromatic carbocycles. The van der Waals surface area contributed by atoms with Crippen LogP contribution in [0.2, 0.25) is 5.02 Å². The van der Waals surface area contributed by atoms with E-state index in [4.69, 9.17) is 16.7 Å². The average Bonchev–Trinajstić information content (AvgIpc) is 2.64. The minimum absolute atomic E-state index is 0.00282. The topological polar surface area (TPSA) is 60.9 Å². The molecule has 0 unspecified atom stereocenters. The molecular formula is C20H21ClN2O3. The zero-order valence-electron chi connectivity index (χ0n) is 14.3. The van der Waals surface area contributed by atoms with Crippen molar-refractivity contribution in [3.05, 3.63) is 65.2 Å². The number of carbonyl (C=O) groups is 2. The maximum absolute atomic E-state index is 12.6. The summed E-state index contributed by atoms with van der Waals surface area (Å²) in [4.78, 5) is 28.3. The van der Waals surface area contributed by atoms with Crippen molar-refractivity contribution < 1.29 is 14.7 Å². The lowest BCUT2D eigenvalue weighted by Gasteiger charge is -2.41. The quantitative estimate of drug-likeness (QED) is 0.877. The van der Waals surface area contributed by atoms with E-state index in [0.29, 0.717) is 18.0 Å². The van der Waals surface area contributed by atoms with Gasteiger partial charge in [0.05, 0.1) is 12.6 Å². The van der Waals surface area contributed by atoms with Crippen LogP contribution in [-0.2, 0) is 16.0 Å². The number of nitrogens with zero attached hydrogens (tertiary/aromatic N) is 2. The van der Waals surface area contributed by atoms with Crippen LogP contribution in [0.5, 0.6) is 0 Å². The summed E-state index contributed by atoms with van der Waals surface area (Å²) in [5, 5.41) is 9.68. The molecule has 3 rings (SSSR count). The third-order valence-corrected chi connectivity index (χ3v) is 4.76. The molecule has 0 spiro atoms. The molecule has 0 aliphatic carbocycles. The van der Waals surface area contributed by atoms with Crippen molar-refractivity contribution in [1.82, 2.24) is 4.90 Å². The molecule has 1 aliphatic rings. The number of anilines is 1. The van der Waals surface area contributed by atoms with E-state index in [1.54, 1.807) is 28.0 Å². The van der Waals surface area contributed by atoms with Gasteiger partial charge in [-0.3, -0.25) is 9.59 Å². The monoisotopic (exact) mass is 372 g/mol. The van der Waals surface area contributed by atoms with Gasteiger partial charge in [-0.15, -0.1) is 0 Å². The minimum atomic E-state index is -0.223. The molecule has 0 bridgehead atoms. The van der Waals surface area contributed by atoms with Crippen LogP contribution in [0.15, 0.2) is 54.6 Å². The van der Waals surface area contributed by atoms with Crippen LogP contribution in [-0.4, -0.2) is 47.6 Å². The van der Waals surface area contributed by atoms with Crippen LogP contribution in [0, 0.1) is 0 Å². The second kappa shape index (κ2) is 8.34. The van der Waals surface area contributed by atoms with E-state index in [9.17, 15) is 9.59 Å². The Morgan fingerprint density at radius 2 is 1.92 bits per heavy atom. The van der Waals surface area contributed by atoms with E-state index in [0.717, 1.165) is 11.3 Å². The molecule has 2 amide bonds. The molecule has 136 valence electrons. The highest BCUT2D eigenvalue weighted by molar-refractivity contribution is 6.30. The number of halogens is 1. The standard InChI is InChI=1S/C20H21ClN2O3/c21-16-7-4-8-17(12-16)22-13-18(11-15-5-2-1-3-6-15)23(14-20(22)26)19(25)9-10-24/h1-8,12,18,24H,9-11,13-14H2/t18-/m0/s1. The third kappa shape index (κ3) is 4.23. The van der Waals surface area contributed by atoms with E-state index in [1.807, 2.05) is 36.4 Å². The van der Waals surface area contributed by atoms with Gasteiger partial charge in [0.2, 0.25) is 11.8 Å². The molecule has 26 heavy (non-hydrogen) atoms. The summed E-state index contributed by atoms with van der Waals surface area (Å²) >= 11 is 6.07. The summed E-state index contributed by atoms with van der Waals surface area (Å²) in [6, 6.07) is 16.9. The molecule has 1 heterocycles. The smallest absolute Gasteiger partial charge is 0.246 e. The average molecular weight is 373 g/mol. The van der Waals surface area contributed by atoms with E-state index >= 15 is 0 Å². The van der Waals surface area contributed by atoms with Crippen LogP contribution < -0.4 is 4.90 Å². The normalized spacial score (nSPS) is 17.5. The molecular weight excluding hydrogens is 352 g/mol. The first-order valence-corrected chi connectivity index (χ1v) is 8.96. The van der Waals surface area contributed by atoms with Crippen molar-refractivity contribution in [3.63, 3.8) is 0 Å². The Balaban J connectivity index is 1.86. The molecule has 0 radical (unpaired) electrons. The van der Waals surface area contributed by atoms with Gasteiger partial charge in [0.25, 0.3) is 0 Å². The Hall–Kier alpha value is -2.37. The Bertz CT molecular complexity index is 782. The van der Waals surface area contributed by atoms with Gasteiger partial charge in [-0.1, -0.05) is 48.0 Å². The van der Waals surface area contributed by atoms with Crippen molar-refractivity contribution in [3.8, 4) is 0 Å². The largest absolute Gasteiger partial charge is 0.396 e. The molecule has 5 nitrogen and oxygen atoms in total. The van der Waals surface area contributed by atoms with Crippen molar-refractivity contribution >= 4 is 29.1 Å². The van der Waals surface area contributed by atoms with Gasteiger partial charge in [-0.2, -0.15) is 0 Å². The Labute approximate surface area is 157 Å². The molecule has 2 aromatic rings. The zero-order chi connectivity index (χ0) is 18.5. The maximum Gasteiger partial charge on any atom is 0.246 e. The first-order valence-electron chi connectivity index (χ1n) is 8.58. The highest BCUT2D eigenvalue weighted by Crippen LogP contribution is 2.25. The predicted octanol–water partition coefficient (Wildman–Crippen LogP) is 2.51. The summed E-state index contributed by atoms with van der Waals surface area (Å²) < 4.78 is 0. The number of aliphatic hydroxyl groups excluding tert-OH is 1. The Morgan fingerprint density at radius 3 is 2.62 bits per heavy atom. The first-order chi connectivity index (χ1) is 12.6.